The van der Waals surface area contributed by atoms with Crippen LogP contribution in [0.1, 0.15) is 36.9 Å². The third-order valence-electron chi connectivity index (χ3n) is 4.35. The van der Waals surface area contributed by atoms with E-state index in [-0.39, 0.29) is 17.6 Å². The molecule has 0 spiro atoms. The van der Waals surface area contributed by atoms with Gasteiger partial charge in [-0.25, -0.2) is 4.39 Å². The number of carbonyl (C=O) groups is 1. The third-order valence-corrected chi connectivity index (χ3v) is 4.35. The monoisotopic (exact) mass is 312 g/mol. The van der Waals surface area contributed by atoms with Crippen LogP contribution in [0.4, 0.5) is 10.1 Å². The van der Waals surface area contributed by atoms with Gasteiger partial charge in [0.1, 0.15) is 5.82 Å². The lowest BCUT2D eigenvalue weighted by Crippen LogP contribution is -2.41. The molecule has 2 aromatic rings. The van der Waals surface area contributed by atoms with E-state index >= 15 is 0 Å². The number of aryl methyl sites for hydroxylation is 1. The molecular formula is C19H21FN2O. The van der Waals surface area contributed by atoms with E-state index in [4.69, 9.17) is 0 Å². The van der Waals surface area contributed by atoms with Gasteiger partial charge in [0.2, 0.25) is 5.91 Å². The highest BCUT2D eigenvalue weighted by Crippen LogP contribution is 2.29. The smallest absolute Gasteiger partial charge is 0.241 e. The molecule has 23 heavy (non-hydrogen) atoms. The van der Waals surface area contributed by atoms with Gasteiger partial charge in [-0.1, -0.05) is 36.4 Å². The fourth-order valence-corrected chi connectivity index (χ4v) is 3.11. The highest BCUT2D eigenvalue weighted by molar-refractivity contribution is 5.94. The van der Waals surface area contributed by atoms with Gasteiger partial charge in [-0.15, -0.1) is 0 Å². The van der Waals surface area contributed by atoms with Crippen molar-refractivity contribution in [3.8, 4) is 0 Å². The molecule has 4 heteroatoms. The molecule has 0 fully saturated rings. The lowest BCUT2D eigenvalue weighted by atomic mass is 9.87. The van der Waals surface area contributed by atoms with Gasteiger partial charge in [0.25, 0.3) is 0 Å². The number of halogens is 1. The predicted molar refractivity (Wildman–Crippen MR) is 89.7 cm³/mol. The molecule has 120 valence electrons. The standard InChI is InChI=1S/C19H21FN2O/c1-13(19(23)22-18-11-5-4-10-16(18)20)21-17-12-6-8-14-7-2-3-9-15(14)17/h2-5,7,9-11,13,17,21H,6,8,12H2,1H3,(H,22,23)/t13-,17-/m0/s1. The summed E-state index contributed by atoms with van der Waals surface area (Å²) < 4.78 is 13.6. The number of hydrogen-bond acceptors (Lipinski definition) is 2. The van der Waals surface area contributed by atoms with Gasteiger partial charge in [-0.05, 0) is 49.4 Å². The second kappa shape index (κ2) is 6.92. The molecule has 3 rings (SSSR count). The zero-order chi connectivity index (χ0) is 16.2. The fraction of sp³-hybridized carbons (Fsp3) is 0.316. The van der Waals surface area contributed by atoms with E-state index in [1.165, 1.54) is 17.2 Å². The van der Waals surface area contributed by atoms with Gasteiger partial charge < -0.3 is 5.32 Å². The number of rotatable bonds is 4. The van der Waals surface area contributed by atoms with Crippen LogP contribution in [0.2, 0.25) is 0 Å². The Bertz CT molecular complexity index is 701. The van der Waals surface area contributed by atoms with Crippen molar-refractivity contribution >= 4 is 11.6 Å². The van der Waals surface area contributed by atoms with Crippen LogP contribution in [-0.4, -0.2) is 11.9 Å². The summed E-state index contributed by atoms with van der Waals surface area (Å²) >= 11 is 0. The lowest BCUT2D eigenvalue weighted by Gasteiger charge is -2.29. The van der Waals surface area contributed by atoms with Gasteiger partial charge in [0.15, 0.2) is 0 Å². The van der Waals surface area contributed by atoms with Crippen molar-refractivity contribution in [1.82, 2.24) is 5.32 Å². The van der Waals surface area contributed by atoms with Gasteiger partial charge >= 0.3 is 0 Å². The molecule has 0 aliphatic heterocycles. The lowest BCUT2D eigenvalue weighted by molar-refractivity contribution is -0.118. The minimum absolute atomic E-state index is 0.168. The van der Waals surface area contributed by atoms with Crippen LogP contribution in [0.3, 0.4) is 0 Å². The number of anilines is 1. The molecule has 0 unspecified atom stereocenters. The van der Waals surface area contributed by atoms with Crippen molar-refractivity contribution in [3.05, 3.63) is 65.5 Å². The Kier molecular flexibility index (Phi) is 4.72. The molecule has 0 aromatic heterocycles. The fourth-order valence-electron chi connectivity index (χ4n) is 3.11. The van der Waals surface area contributed by atoms with Crippen LogP contribution in [0.25, 0.3) is 0 Å². The molecule has 1 aliphatic rings. The zero-order valence-electron chi connectivity index (χ0n) is 13.2. The summed E-state index contributed by atoms with van der Waals surface area (Å²) in [6.07, 6.45) is 3.20. The first-order chi connectivity index (χ1) is 11.1. The van der Waals surface area contributed by atoms with Gasteiger partial charge in [0, 0.05) is 6.04 Å². The normalized spacial score (nSPS) is 18.1. The minimum atomic E-state index is -0.420. The first-order valence-corrected chi connectivity index (χ1v) is 8.04. The Morgan fingerprint density at radius 2 is 1.91 bits per heavy atom. The number of amides is 1. The Morgan fingerprint density at radius 3 is 2.74 bits per heavy atom. The quantitative estimate of drug-likeness (QED) is 0.901. The molecule has 2 N–H and O–H groups in total. The third kappa shape index (κ3) is 3.59. The van der Waals surface area contributed by atoms with E-state index in [2.05, 4.69) is 28.8 Å². The highest BCUT2D eigenvalue weighted by Gasteiger charge is 2.23. The van der Waals surface area contributed by atoms with Crippen LogP contribution >= 0.6 is 0 Å². The summed E-state index contributed by atoms with van der Waals surface area (Å²) in [7, 11) is 0. The average Bonchev–Trinajstić information content (AvgIpc) is 2.57. The van der Waals surface area contributed by atoms with E-state index in [0.29, 0.717) is 0 Å². The van der Waals surface area contributed by atoms with Crippen molar-refractivity contribution in [3.63, 3.8) is 0 Å². The number of nitrogens with one attached hydrogen (secondary N) is 2. The van der Waals surface area contributed by atoms with Crippen LogP contribution in [-0.2, 0) is 11.2 Å². The summed E-state index contributed by atoms with van der Waals surface area (Å²) in [4.78, 5) is 12.3. The summed E-state index contributed by atoms with van der Waals surface area (Å²) in [6, 6.07) is 14.3. The summed E-state index contributed by atoms with van der Waals surface area (Å²) in [6.45, 7) is 1.81. The van der Waals surface area contributed by atoms with Crippen molar-refractivity contribution in [2.24, 2.45) is 0 Å². The average molecular weight is 312 g/mol. The van der Waals surface area contributed by atoms with Gasteiger partial charge in [-0.2, -0.15) is 0 Å². The zero-order valence-corrected chi connectivity index (χ0v) is 13.2. The molecule has 2 aromatic carbocycles. The summed E-state index contributed by atoms with van der Waals surface area (Å²) in [5, 5.41) is 6.03. The number of fused-ring (bicyclic) bond motifs is 1. The van der Waals surface area contributed by atoms with E-state index in [1.807, 2.05) is 13.0 Å². The molecule has 0 saturated heterocycles. The van der Waals surface area contributed by atoms with Crippen LogP contribution in [0, 0.1) is 5.82 Å². The summed E-state index contributed by atoms with van der Waals surface area (Å²) in [5.74, 6) is -0.644. The first-order valence-electron chi connectivity index (χ1n) is 8.04. The maximum absolute atomic E-state index is 13.6. The molecule has 0 radical (unpaired) electrons. The van der Waals surface area contributed by atoms with Crippen LogP contribution < -0.4 is 10.6 Å². The Morgan fingerprint density at radius 1 is 1.17 bits per heavy atom. The topological polar surface area (TPSA) is 41.1 Å². The molecule has 0 heterocycles. The molecular weight excluding hydrogens is 291 g/mol. The first kappa shape index (κ1) is 15.7. The highest BCUT2D eigenvalue weighted by atomic mass is 19.1. The largest absolute Gasteiger partial charge is 0.322 e. The SMILES string of the molecule is C[C@H](N[C@H]1CCCc2ccccc21)C(=O)Nc1ccccc1F. The van der Waals surface area contributed by atoms with Crippen molar-refractivity contribution in [2.75, 3.05) is 5.32 Å². The maximum Gasteiger partial charge on any atom is 0.241 e. The predicted octanol–water partition coefficient (Wildman–Crippen LogP) is 3.82. The maximum atomic E-state index is 13.6. The van der Waals surface area contributed by atoms with E-state index < -0.39 is 11.9 Å². The molecule has 0 saturated carbocycles. The van der Waals surface area contributed by atoms with Gasteiger partial charge in [0.05, 0.1) is 11.7 Å². The second-order valence-electron chi connectivity index (χ2n) is 6.00. The molecule has 1 amide bonds. The second-order valence-corrected chi connectivity index (χ2v) is 6.00. The Hall–Kier alpha value is -2.20. The van der Waals surface area contributed by atoms with Crippen molar-refractivity contribution < 1.29 is 9.18 Å². The number of benzene rings is 2. The summed E-state index contributed by atoms with van der Waals surface area (Å²) in [5.41, 5.74) is 2.83. The number of carbonyl (C=O) groups excluding carboxylic acids is 1. The van der Waals surface area contributed by atoms with Crippen molar-refractivity contribution in [2.45, 2.75) is 38.3 Å². The van der Waals surface area contributed by atoms with E-state index in [1.54, 1.807) is 18.2 Å². The van der Waals surface area contributed by atoms with Crippen molar-refractivity contribution in [1.29, 1.82) is 0 Å². The Labute approximate surface area is 135 Å². The minimum Gasteiger partial charge on any atom is -0.322 e. The van der Waals surface area contributed by atoms with Crippen LogP contribution in [0.5, 0.6) is 0 Å². The van der Waals surface area contributed by atoms with E-state index in [0.717, 1.165) is 19.3 Å². The number of hydrogen-bond donors (Lipinski definition) is 2. The number of para-hydroxylation sites is 1. The van der Waals surface area contributed by atoms with Gasteiger partial charge in [-0.3, -0.25) is 10.1 Å². The molecule has 2 atom stereocenters. The van der Waals surface area contributed by atoms with E-state index in [9.17, 15) is 9.18 Å². The molecule has 3 nitrogen and oxygen atoms in total. The van der Waals surface area contributed by atoms with Crippen LogP contribution in [0.15, 0.2) is 48.5 Å². The molecule has 1 aliphatic carbocycles. The Balaban J connectivity index is 1.67. The molecule has 0 bridgehead atoms.